The van der Waals surface area contributed by atoms with E-state index in [1.165, 1.54) is 0 Å². The van der Waals surface area contributed by atoms with Crippen LogP contribution in [0.1, 0.15) is 91.3 Å². The summed E-state index contributed by atoms with van der Waals surface area (Å²) in [5, 5.41) is 5.89. The van der Waals surface area contributed by atoms with Crippen LogP contribution in [-0.4, -0.2) is 46.5 Å². The normalized spacial score (nSPS) is 16.4. The summed E-state index contributed by atoms with van der Waals surface area (Å²) >= 11 is 0. The summed E-state index contributed by atoms with van der Waals surface area (Å²) in [6.07, 6.45) is 2.85. The maximum atomic E-state index is 14.0. The van der Waals surface area contributed by atoms with Crippen LogP contribution in [0.15, 0.2) is 24.3 Å². The number of hydrogen-bond acceptors (Lipinski definition) is 4. The smallest absolute Gasteiger partial charge is 0.408 e. The molecule has 0 radical (unpaired) electrons. The molecule has 2 N–H and O–H groups in total. The molecule has 0 saturated heterocycles. The van der Waals surface area contributed by atoms with E-state index in [1.807, 2.05) is 52.0 Å². The fourth-order valence-electron chi connectivity index (χ4n) is 4.12. The molecule has 0 bridgehead atoms. The number of hydrogen-bond donors (Lipinski definition) is 2. The van der Waals surface area contributed by atoms with Crippen LogP contribution in [-0.2, 0) is 14.3 Å². The molecular formula is C27H43N3O4. The van der Waals surface area contributed by atoms with Gasteiger partial charge in [0, 0.05) is 12.1 Å². The van der Waals surface area contributed by atoms with E-state index in [9.17, 15) is 14.4 Å². The monoisotopic (exact) mass is 473 g/mol. The maximum absolute atomic E-state index is 14.0. The molecule has 1 aromatic rings. The molecule has 1 aliphatic rings. The predicted molar refractivity (Wildman–Crippen MR) is 134 cm³/mol. The average molecular weight is 474 g/mol. The highest BCUT2D eigenvalue weighted by atomic mass is 16.6. The molecule has 0 heterocycles. The topological polar surface area (TPSA) is 87.7 Å². The highest BCUT2D eigenvalue weighted by molar-refractivity contribution is 5.93. The van der Waals surface area contributed by atoms with Gasteiger partial charge >= 0.3 is 6.09 Å². The van der Waals surface area contributed by atoms with Gasteiger partial charge in [0.25, 0.3) is 0 Å². The van der Waals surface area contributed by atoms with Crippen molar-refractivity contribution in [2.24, 2.45) is 5.92 Å². The molecule has 2 rings (SSSR count). The molecule has 7 nitrogen and oxygen atoms in total. The quantitative estimate of drug-likeness (QED) is 0.507. The van der Waals surface area contributed by atoms with Gasteiger partial charge in [-0.15, -0.1) is 0 Å². The van der Waals surface area contributed by atoms with Crippen molar-refractivity contribution in [3.8, 4) is 0 Å². The fourth-order valence-corrected chi connectivity index (χ4v) is 4.12. The van der Waals surface area contributed by atoms with Crippen molar-refractivity contribution in [3.05, 3.63) is 35.4 Å². The number of rotatable bonds is 10. The average Bonchev–Trinajstić information content (AvgIpc) is 3.54. The first-order valence-electron chi connectivity index (χ1n) is 12.5. The number of ether oxygens (including phenoxy) is 1. The Labute approximate surface area is 205 Å². The van der Waals surface area contributed by atoms with Crippen molar-refractivity contribution in [2.45, 2.75) is 111 Å². The van der Waals surface area contributed by atoms with Gasteiger partial charge in [0.15, 0.2) is 0 Å². The van der Waals surface area contributed by atoms with Crippen molar-refractivity contribution in [1.29, 1.82) is 0 Å². The third kappa shape index (κ3) is 7.74. The molecule has 1 fully saturated rings. The standard InChI is InChI=1S/C27H43N3O4/c1-9-12-19(5)28-24(31)23(21-14-11-10-13-18(21)4)30(20-15-16-20)25(32)22(17(2)3)29-26(33)34-27(6,7)8/h10-11,13-14,17,19-20,22-23H,9,12,15-16H2,1-8H3,(H,28,31)(H,29,33). The van der Waals surface area contributed by atoms with Gasteiger partial charge in [-0.05, 0) is 70.9 Å². The first kappa shape index (κ1) is 27.7. The lowest BCUT2D eigenvalue weighted by molar-refractivity contribution is -0.144. The largest absolute Gasteiger partial charge is 0.444 e. The second-order valence-corrected chi connectivity index (χ2v) is 10.8. The highest BCUT2D eigenvalue weighted by Gasteiger charge is 2.45. The summed E-state index contributed by atoms with van der Waals surface area (Å²) in [6.45, 7) is 15.1. The maximum Gasteiger partial charge on any atom is 0.408 e. The van der Waals surface area contributed by atoms with E-state index in [0.717, 1.165) is 36.8 Å². The van der Waals surface area contributed by atoms with Crippen molar-refractivity contribution in [3.63, 3.8) is 0 Å². The van der Waals surface area contributed by atoms with Crippen LogP contribution in [0.4, 0.5) is 4.79 Å². The first-order chi connectivity index (χ1) is 15.9. The predicted octanol–water partition coefficient (Wildman–Crippen LogP) is 4.88. The lowest BCUT2D eigenvalue weighted by Crippen LogP contribution is -2.56. The Hall–Kier alpha value is -2.57. The minimum atomic E-state index is -0.803. The Morgan fingerprint density at radius 2 is 1.71 bits per heavy atom. The Bertz CT molecular complexity index is 858. The lowest BCUT2D eigenvalue weighted by atomic mass is 9.95. The molecule has 1 aromatic carbocycles. The number of alkyl carbamates (subject to hydrolysis) is 1. The van der Waals surface area contributed by atoms with E-state index in [-0.39, 0.29) is 29.8 Å². The molecule has 3 atom stereocenters. The summed E-state index contributed by atoms with van der Waals surface area (Å²) in [5.41, 5.74) is 1.08. The van der Waals surface area contributed by atoms with E-state index in [4.69, 9.17) is 4.74 Å². The van der Waals surface area contributed by atoms with Gasteiger partial charge in [0.2, 0.25) is 11.8 Å². The van der Waals surface area contributed by atoms with Crippen LogP contribution < -0.4 is 10.6 Å². The van der Waals surface area contributed by atoms with Crippen molar-refractivity contribution < 1.29 is 19.1 Å². The zero-order valence-corrected chi connectivity index (χ0v) is 22.1. The van der Waals surface area contributed by atoms with E-state index < -0.39 is 23.8 Å². The zero-order valence-electron chi connectivity index (χ0n) is 22.1. The van der Waals surface area contributed by atoms with Gasteiger partial charge < -0.3 is 20.3 Å². The number of aryl methyl sites for hydroxylation is 1. The first-order valence-corrected chi connectivity index (χ1v) is 12.5. The second kappa shape index (κ2) is 11.7. The molecular weight excluding hydrogens is 430 g/mol. The molecule has 190 valence electrons. The molecule has 3 unspecified atom stereocenters. The molecule has 1 saturated carbocycles. The molecule has 7 heteroatoms. The van der Waals surface area contributed by atoms with Crippen LogP contribution in [0.3, 0.4) is 0 Å². The highest BCUT2D eigenvalue weighted by Crippen LogP contribution is 2.37. The summed E-state index contributed by atoms with van der Waals surface area (Å²) in [5.74, 6) is -0.619. The van der Waals surface area contributed by atoms with Gasteiger partial charge in [-0.1, -0.05) is 51.5 Å². The number of carbonyl (C=O) groups excluding carboxylic acids is 3. The minimum absolute atomic E-state index is 0.000887. The molecule has 1 aliphatic carbocycles. The second-order valence-electron chi connectivity index (χ2n) is 10.8. The number of nitrogens with zero attached hydrogens (tertiary/aromatic N) is 1. The van der Waals surface area contributed by atoms with Gasteiger partial charge in [0.1, 0.15) is 17.7 Å². The van der Waals surface area contributed by atoms with Crippen LogP contribution in [0.5, 0.6) is 0 Å². The van der Waals surface area contributed by atoms with Crippen LogP contribution >= 0.6 is 0 Å². The summed E-state index contributed by atoms with van der Waals surface area (Å²) < 4.78 is 5.42. The molecule has 0 aromatic heterocycles. The van der Waals surface area contributed by atoms with Gasteiger partial charge in [0.05, 0.1) is 0 Å². The molecule has 3 amide bonds. The van der Waals surface area contributed by atoms with Gasteiger partial charge in [-0.3, -0.25) is 9.59 Å². The molecule has 34 heavy (non-hydrogen) atoms. The van der Waals surface area contributed by atoms with Gasteiger partial charge in [-0.25, -0.2) is 4.79 Å². The van der Waals surface area contributed by atoms with E-state index >= 15 is 0 Å². The zero-order chi connectivity index (χ0) is 25.6. The van der Waals surface area contributed by atoms with Crippen LogP contribution in [0.25, 0.3) is 0 Å². The van der Waals surface area contributed by atoms with Crippen molar-refractivity contribution >= 4 is 17.9 Å². The third-order valence-electron chi connectivity index (χ3n) is 5.92. The minimum Gasteiger partial charge on any atom is -0.444 e. The van der Waals surface area contributed by atoms with E-state index in [2.05, 4.69) is 17.6 Å². The van der Waals surface area contributed by atoms with Crippen LogP contribution in [0.2, 0.25) is 0 Å². The Kier molecular flexibility index (Phi) is 9.54. The summed E-state index contributed by atoms with van der Waals surface area (Å²) in [6, 6.07) is 6.10. The van der Waals surface area contributed by atoms with E-state index in [1.54, 1.807) is 25.7 Å². The number of nitrogens with one attached hydrogen (secondary N) is 2. The number of benzene rings is 1. The van der Waals surface area contributed by atoms with Crippen molar-refractivity contribution in [1.82, 2.24) is 15.5 Å². The third-order valence-corrected chi connectivity index (χ3v) is 5.92. The number of carbonyl (C=O) groups is 3. The van der Waals surface area contributed by atoms with E-state index in [0.29, 0.717) is 0 Å². The van der Waals surface area contributed by atoms with Crippen LogP contribution in [0, 0.1) is 12.8 Å². The molecule has 0 aliphatic heterocycles. The Morgan fingerprint density at radius 1 is 1.09 bits per heavy atom. The Morgan fingerprint density at radius 3 is 2.21 bits per heavy atom. The lowest BCUT2D eigenvalue weighted by Gasteiger charge is -2.36. The number of amides is 3. The Balaban J connectivity index is 2.43. The van der Waals surface area contributed by atoms with Crippen molar-refractivity contribution in [2.75, 3.05) is 0 Å². The SMILES string of the molecule is CCCC(C)NC(=O)C(c1ccccc1C)N(C(=O)C(NC(=O)OC(C)(C)C)C(C)C)C1CC1. The summed E-state index contributed by atoms with van der Waals surface area (Å²) in [7, 11) is 0. The fraction of sp³-hybridized carbons (Fsp3) is 0.667. The van der Waals surface area contributed by atoms with Gasteiger partial charge in [-0.2, -0.15) is 0 Å². The molecule has 0 spiro atoms. The summed E-state index contributed by atoms with van der Waals surface area (Å²) in [4.78, 5) is 41.9.